The predicted octanol–water partition coefficient (Wildman–Crippen LogP) is 2.60. The minimum atomic E-state index is 0.392. The summed E-state index contributed by atoms with van der Waals surface area (Å²) in [6.07, 6.45) is 3.71. The van der Waals surface area contributed by atoms with Crippen molar-refractivity contribution >= 4 is 17.3 Å². The first-order valence-electron chi connectivity index (χ1n) is 5.12. The van der Waals surface area contributed by atoms with Crippen molar-refractivity contribution in [3.05, 3.63) is 23.0 Å². The van der Waals surface area contributed by atoms with E-state index in [1.54, 1.807) is 6.07 Å². The van der Waals surface area contributed by atoms with Crippen molar-refractivity contribution in [3.63, 3.8) is 0 Å². The van der Waals surface area contributed by atoms with Gasteiger partial charge in [0.2, 0.25) is 0 Å². The fourth-order valence-corrected chi connectivity index (χ4v) is 2.08. The minimum Gasteiger partial charge on any atom is -0.371 e. The molecule has 2 heterocycles. The summed E-state index contributed by atoms with van der Waals surface area (Å²) in [6, 6.07) is 5.65. The van der Waals surface area contributed by atoms with Gasteiger partial charge in [0.15, 0.2) is 0 Å². The number of halogens is 1. The van der Waals surface area contributed by atoms with Crippen LogP contribution in [0.4, 0.5) is 5.69 Å². The second kappa shape index (κ2) is 4.50. The van der Waals surface area contributed by atoms with Gasteiger partial charge in [0.05, 0.1) is 0 Å². The van der Waals surface area contributed by atoms with Gasteiger partial charge in [-0.3, -0.25) is 0 Å². The van der Waals surface area contributed by atoms with E-state index in [-0.39, 0.29) is 0 Å². The molecule has 0 amide bonds. The van der Waals surface area contributed by atoms with Gasteiger partial charge in [-0.05, 0) is 31.4 Å². The van der Waals surface area contributed by atoms with Gasteiger partial charge in [-0.1, -0.05) is 11.6 Å². The molecule has 1 aliphatic rings. The van der Waals surface area contributed by atoms with Crippen LogP contribution < -0.4 is 4.90 Å². The molecule has 0 saturated carbocycles. The van der Waals surface area contributed by atoms with Crippen molar-refractivity contribution in [2.45, 2.75) is 19.3 Å². The van der Waals surface area contributed by atoms with E-state index in [0.29, 0.717) is 10.8 Å². The highest BCUT2D eigenvalue weighted by atomic mass is 35.5. The highest BCUT2D eigenvalue weighted by Crippen LogP contribution is 2.22. The first kappa shape index (κ1) is 10.3. The van der Waals surface area contributed by atoms with Gasteiger partial charge in [0, 0.05) is 18.8 Å². The van der Waals surface area contributed by atoms with Crippen LogP contribution in [-0.4, -0.2) is 18.1 Å². The van der Waals surface area contributed by atoms with E-state index in [9.17, 15) is 0 Å². The number of hydrogen-bond acceptors (Lipinski definition) is 3. The number of nitriles is 1. The van der Waals surface area contributed by atoms with E-state index >= 15 is 0 Å². The molecule has 1 saturated heterocycles. The lowest BCUT2D eigenvalue weighted by Crippen LogP contribution is -2.29. The molecule has 0 radical (unpaired) electrons. The summed E-state index contributed by atoms with van der Waals surface area (Å²) in [5.41, 5.74) is 1.41. The van der Waals surface area contributed by atoms with E-state index in [4.69, 9.17) is 16.9 Å². The highest BCUT2D eigenvalue weighted by molar-refractivity contribution is 6.29. The third-order valence-corrected chi connectivity index (χ3v) is 2.81. The largest absolute Gasteiger partial charge is 0.371 e. The fraction of sp³-hybridized carbons (Fsp3) is 0.455. The lowest BCUT2D eigenvalue weighted by Gasteiger charge is -2.28. The van der Waals surface area contributed by atoms with Crippen molar-refractivity contribution in [3.8, 4) is 6.07 Å². The van der Waals surface area contributed by atoms with Crippen LogP contribution in [0.1, 0.15) is 25.0 Å². The van der Waals surface area contributed by atoms with Crippen LogP contribution in [0.15, 0.2) is 12.1 Å². The Morgan fingerprint density at radius 1 is 1.27 bits per heavy atom. The summed E-state index contributed by atoms with van der Waals surface area (Å²) in [6.45, 7) is 2.09. The van der Waals surface area contributed by atoms with Gasteiger partial charge in [0.25, 0.3) is 0 Å². The van der Waals surface area contributed by atoms with Gasteiger partial charge in [-0.25, -0.2) is 4.98 Å². The molecule has 4 heteroatoms. The number of pyridine rings is 1. The summed E-state index contributed by atoms with van der Waals surface area (Å²) < 4.78 is 0. The molecule has 3 nitrogen and oxygen atoms in total. The molecular weight excluding hydrogens is 210 g/mol. The molecule has 2 rings (SSSR count). The zero-order chi connectivity index (χ0) is 10.7. The Balaban J connectivity index is 2.27. The first-order chi connectivity index (χ1) is 7.29. The lowest BCUT2D eigenvalue weighted by atomic mass is 10.1. The van der Waals surface area contributed by atoms with E-state index in [0.717, 1.165) is 18.8 Å². The monoisotopic (exact) mass is 221 g/mol. The Morgan fingerprint density at radius 2 is 2.00 bits per heavy atom. The normalized spacial score (nSPS) is 16.1. The number of piperidine rings is 1. The molecule has 0 atom stereocenters. The number of nitrogens with zero attached hydrogens (tertiary/aromatic N) is 3. The summed E-state index contributed by atoms with van der Waals surface area (Å²) in [4.78, 5) is 6.19. The molecular formula is C11H12ClN3. The van der Waals surface area contributed by atoms with Gasteiger partial charge in [-0.2, -0.15) is 5.26 Å². The van der Waals surface area contributed by atoms with Gasteiger partial charge < -0.3 is 4.90 Å². The quantitative estimate of drug-likeness (QED) is 0.685. The molecule has 0 bridgehead atoms. The molecule has 1 aromatic heterocycles. The maximum Gasteiger partial charge on any atom is 0.144 e. The van der Waals surface area contributed by atoms with Crippen LogP contribution in [0.25, 0.3) is 0 Å². The van der Waals surface area contributed by atoms with Crippen LogP contribution in [0.2, 0.25) is 5.15 Å². The molecule has 78 valence electrons. The van der Waals surface area contributed by atoms with Gasteiger partial charge in [-0.15, -0.1) is 0 Å². The van der Waals surface area contributed by atoms with Crippen molar-refractivity contribution in [2.75, 3.05) is 18.0 Å². The third-order valence-electron chi connectivity index (χ3n) is 2.61. The Kier molecular flexibility index (Phi) is 3.08. The van der Waals surface area contributed by atoms with Crippen molar-refractivity contribution in [1.82, 2.24) is 4.98 Å². The van der Waals surface area contributed by atoms with E-state index in [1.165, 1.54) is 19.3 Å². The first-order valence-corrected chi connectivity index (χ1v) is 5.50. The SMILES string of the molecule is N#Cc1cc(N2CCCCC2)cc(Cl)n1. The zero-order valence-electron chi connectivity index (χ0n) is 8.41. The molecule has 0 N–H and O–H groups in total. The molecule has 0 unspecified atom stereocenters. The van der Waals surface area contributed by atoms with Gasteiger partial charge in [0.1, 0.15) is 16.9 Å². The maximum atomic E-state index is 8.80. The smallest absolute Gasteiger partial charge is 0.144 e. The summed E-state index contributed by atoms with van der Waals surface area (Å²) in [7, 11) is 0. The Hall–Kier alpha value is -1.27. The fourth-order valence-electron chi connectivity index (χ4n) is 1.88. The third kappa shape index (κ3) is 2.40. The molecule has 0 aromatic carbocycles. The van der Waals surface area contributed by atoms with E-state index < -0.39 is 0 Å². The van der Waals surface area contributed by atoms with Crippen LogP contribution in [0, 0.1) is 11.3 Å². The average molecular weight is 222 g/mol. The second-order valence-electron chi connectivity index (χ2n) is 3.69. The van der Waals surface area contributed by atoms with Crippen molar-refractivity contribution < 1.29 is 0 Å². The number of anilines is 1. The number of rotatable bonds is 1. The number of aromatic nitrogens is 1. The molecule has 1 aromatic rings. The standard InChI is InChI=1S/C11H12ClN3/c12-11-7-10(6-9(8-13)14-11)15-4-2-1-3-5-15/h6-7H,1-5H2. The second-order valence-corrected chi connectivity index (χ2v) is 4.08. The Morgan fingerprint density at radius 3 is 2.67 bits per heavy atom. The topological polar surface area (TPSA) is 39.9 Å². The van der Waals surface area contributed by atoms with Crippen molar-refractivity contribution in [2.24, 2.45) is 0 Å². The maximum absolute atomic E-state index is 8.80. The van der Waals surface area contributed by atoms with E-state index in [1.807, 2.05) is 12.1 Å². The summed E-state index contributed by atoms with van der Waals surface area (Å²) >= 11 is 5.86. The zero-order valence-corrected chi connectivity index (χ0v) is 9.17. The number of hydrogen-bond donors (Lipinski definition) is 0. The van der Waals surface area contributed by atoms with Gasteiger partial charge >= 0.3 is 0 Å². The molecule has 0 aliphatic carbocycles. The molecule has 1 aliphatic heterocycles. The van der Waals surface area contributed by atoms with Crippen LogP contribution in [0.5, 0.6) is 0 Å². The molecule has 0 spiro atoms. The minimum absolute atomic E-state index is 0.392. The molecule has 15 heavy (non-hydrogen) atoms. The van der Waals surface area contributed by atoms with Crippen LogP contribution in [-0.2, 0) is 0 Å². The molecule has 1 fully saturated rings. The Labute approximate surface area is 94.3 Å². The highest BCUT2D eigenvalue weighted by Gasteiger charge is 2.12. The van der Waals surface area contributed by atoms with E-state index in [2.05, 4.69) is 9.88 Å². The lowest BCUT2D eigenvalue weighted by molar-refractivity contribution is 0.577. The van der Waals surface area contributed by atoms with Crippen LogP contribution >= 0.6 is 11.6 Å². The Bertz CT molecular complexity index is 391. The van der Waals surface area contributed by atoms with Crippen LogP contribution in [0.3, 0.4) is 0 Å². The predicted molar refractivity (Wildman–Crippen MR) is 60.0 cm³/mol. The average Bonchev–Trinajstić information content (AvgIpc) is 2.29. The summed E-state index contributed by atoms with van der Waals surface area (Å²) in [5, 5.41) is 9.19. The summed E-state index contributed by atoms with van der Waals surface area (Å²) in [5.74, 6) is 0. The van der Waals surface area contributed by atoms with Crippen molar-refractivity contribution in [1.29, 1.82) is 5.26 Å².